The summed E-state index contributed by atoms with van der Waals surface area (Å²) in [6.07, 6.45) is 6.23. The van der Waals surface area contributed by atoms with Gasteiger partial charge in [-0.25, -0.2) is 0 Å². The lowest BCUT2D eigenvalue weighted by atomic mass is 9.95. The van der Waals surface area contributed by atoms with E-state index in [4.69, 9.17) is 4.42 Å². The Balaban J connectivity index is 1.73. The second-order valence-electron chi connectivity index (χ2n) is 7.69. The number of nitrogens with zero attached hydrogens (tertiary/aromatic N) is 1. The van der Waals surface area contributed by atoms with Gasteiger partial charge in [0.05, 0.1) is 12.3 Å². The number of likely N-dealkylation sites (tertiary alicyclic amines) is 1. The number of carbonyl (C=O) groups is 1. The highest BCUT2D eigenvalue weighted by Crippen LogP contribution is 2.40. The topological polar surface area (TPSA) is 45.5 Å². The summed E-state index contributed by atoms with van der Waals surface area (Å²) in [6, 6.07) is 14.7. The number of carbonyl (C=O) groups excluding carboxylic acids is 1. The maximum Gasteiger partial charge on any atom is 0.291 e. The first kappa shape index (κ1) is 19.9. The molecule has 5 heteroatoms. The van der Waals surface area contributed by atoms with Crippen molar-refractivity contribution < 1.29 is 9.21 Å². The van der Waals surface area contributed by atoms with Crippen LogP contribution in [0.1, 0.15) is 64.4 Å². The lowest BCUT2D eigenvalue weighted by molar-refractivity contribution is 0.0996. The van der Waals surface area contributed by atoms with E-state index < -0.39 is 0 Å². The highest BCUT2D eigenvalue weighted by molar-refractivity contribution is 7.16. The van der Waals surface area contributed by atoms with Crippen molar-refractivity contribution in [1.82, 2.24) is 4.90 Å². The quantitative estimate of drug-likeness (QED) is 0.541. The molecule has 0 saturated carbocycles. The summed E-state index contributed by atoms with van der Waals surface area (Å²) in [4.78, 5) is 16.5. The molecule has 29 heavy (non-hydrogen) atoms. The van der Waals surface area contributed by atoms with E-state index >= 15 is 0 Å². The zero-order valence-corrected chi connectivity index (χ0v) is 17.9. The second-order valence-corrected chi connectivity index (χ2v) is 8.83. The van der Waals surface area contributed by atoms with Crippen molar-refractivity contribution in [3.63, 3.8) is 0 Å². The van der Waals surface area contributed by atoms with Crippen LogP contribution in [0.5, 0.6) is 0 Å². The first-order chi connectivity index (χ1) is 14.2. The standard InChI is InChI=1S/C24H28N2O2S/c1-3-19-16-20(24(29-19)25-23(27)21-8-7-15-28-21)22(26-13-5-4-6-14-26)18-11-9-17(2)10-12-18/h7-12,15-16,22H,3-6,13-14H2,1-2H3,(H,25,27). The molecular formula is C24H28N2O2S. The largest absolute Gasteiger partial charge is 0.459 e. The van der Waals surface area contributed by atoms with Crippen LogP contribution in [0, 0.1) is 6.92 Å². The third kappa shape index (κ3) is 4.46. The maximum absolute atomic E-state index is 12.7. The van der Waals surface area contributed by atoms with Gasteiger partial charge in [0.1, 0.15) is 5.00 Å². The predicted octanol–water partition coefficient (Wildman–Crippen LogP) is 6.04. The molecule has 1 saturated heterocycles. The first-order valence-electron chi connectivity index (χ1n) is 10.4. The van der Waals surface area contributed by atoms with Crippen molar-refractivity contribution in [2.45, 2.75) is 45.6 Å². The fraction of sp³-hybridized carbons (Fsp3) is 0.375. The zero-order chi connectivity index (χ0) is 20.2. The van der Waals surface area contributed by atoms with E-state index in [0.717, 1.165) is 24.5 Å². The van der Waals surface area contributed by atoms with Crippen molar-refractivity contribution in [1.29, 1.82) is 0 Å². The second kappa shape index (κ2) is 8.97. The fourth-order valence-corrected chi connectivity index (χ4v) is 5.04. The molecule has 1 aromatic carbocycles. The summed E-state index contributed by atoms with van der Waals surface area (Å²) in [5, 5.41) is 4.06. The van der Waals surface area contributed by atoms with E-state index in [9.17, 15) is 4.79 Å². The van der Waals surface area contributed by atoms with Gasteiger partial charge in [0.15, 0.2) is 5.76 Å². The fourth-order valence-electron chi connectivity index (χ4n) is 4.02. The van der Waals surface area contributed by atoms with Crippen molar-refractivity contribution in [3.8, 4) is 0 Å². The van der Waals surface area contributed by atoms with Gasteiger partial charge in [-0.2, -0.15) is 0 Å². The molecule has 0 radical (unpaired) electrons. The summed E-state index contributed by atoms with van der Waals surface area (Å²) in [5.41, 5.74) is 3.74. The molecule has 1 atom stereocenters. The molecule has 152 valence electrons. The summed E-state index contributed by atoms with van der Waals surface area (Å²) in [5.74, 6) is 0.148. The highest BCUT2D eigenvalue weighted by atomic mass is 32.1. The van der Waals surface area contributed by atoms with Crippen LogP contribution in [0.2, 0.25) is 0 Å². The average molecular weight is 409 g/mol. The van der Waals surface area contributed by atoms with Gasteiger partial charge in [-0.05, 0) is 63.0 Å². The molecule has 1 unspecified atom stereocenters. The van der Waals surface area contributed by atoms with E-state index in [1.165, 1.54) is 47.1 Å². The molecule has 4 rings (SSSR count). The zero-order valence-electron chi connectivity index (χ0n) is 17.1. The number of hydrogen-bond acceptors (Lipinski definition) is 4. The maximum atomic E-state index is 12.7. The molecule has 0 spiro atoms. The van der Waals surface area contributed by atoms with Gasteiger partial charge in [0.25, 0.3) is 5.91 Å². The number of anilines is 1. The van der Waals surface area contributed by atoms with Crippen LogP contribution in [0.4, 0.5) is 5.00 Å². The molecule has 1 N–H and O–H groups in total. The third-order valence-corrected chi connectivity index (χ3v) is 6.79. The van der Waals surface area contributed by atoms with Crippen LogP contribution >= 0.6 is 11.3 Å². The molecule has 1 aliphatic rings. The molecule has 1 fully saturated rings. The van der Waals surface area contributed by atoms with Gasteiger partial charge in [0.2, 0.25) is 0 Å². The Bertz CT molecular complexity index is 938. The molecule has 1 aliphatic heterocycles. The molecule has 2 aromatic heterocycles. The van der Waals surface area contributed by atoms with Crippen LogP contribution in [0.25, 0.3) is 0 Å². The van der Waals surface area contributed by atoms with Crippen LogP contribution in [-0.2, 0) is 6.42 Å². The number of thiophene rings is 1. The predicted molar refractivity (Wildman–Crippen MR) is 119 cm³/mol. The lowest BCUT2D eigenvalue weighted by Gasteiger charge is -2.35. The Morgan fingerprint density at radius 2 is 1.93 bits per heavy atom. The van der Waals surface area contributed by atoms with Gasteiger partial charge in [0, 0.05) is 10.4 Å². The van der Waals surface area contributed by atoms with Crippen molar-refractivity contribution in [3.05, 3.63) is 76.1 Å². The average Bonchev–Trinajstić information content (AvgIpc) is 3.41. The summed E-state index contributed by atoms with van der Waals surface area (Å²) >= 11 is 1.67. The molecule has 1 amide bonds. The monoisotopic (exact) mass is 408 g/mol. The summed E-state index contributed by atoms with van der Waals surface area (Å²) in [7, 11) is 0. The molecule has 3 aromatic rings. The molecule has 0 bridgehead atoms. The Kier molecular flexibility index (Phi) is 6.16. The number of hydrogen-bond donors (Lipinski definition) is 1. The Hall–Kier alpha value is -2.37. The summed E-state index contributed by atoms with van der Waals surface area (Å²) in [6.45, 7) is 6.45. The van der Waals surface area contributed by atoms with Crippen LogP contribution in [0.15, 0.2) is 53.1 Å². The SMILES string of the molecule is CCc1cc(C(c2ccc(C)cc2)N2CCCCC2)c(NC(=O)c2ccco2)s1. The lowest BCUT2D eigenvalue weighted by Crippen LogP contribution is -2.34. The van der Waals surface area contributed by atoms with E-state index in [1.807, 2.05) is 0 Å². The van der Waals surface area contributed by atoms with Gasteiger partial charge >= 0.3 is 0 Å². The van der Waals surface area contributed by atoms with E-state index in [2.05, 4.69) is 54.4 Å². The Labute approximate surface area is 176 Å². The Morgan fingerprint density at radius 3 is 2.59 bits per heavy atom. The molecule has 0 aliphatic carbocycles. The van der Waals surface area contributed by atoms with Crippen LogP contribution in [0.3, 0.4) is 0 Å². The minimum absolute atomic E-state index is 0.152. The first-order valence-corrected chi connectivity index (χ1v) is 11.3. The van der Waals surface area contributed by atoms with Crippen LogP contribution < -0.4 is 5.32 Å². The summed E-state index contributed by atoms with van der Waals surface area (Å²) < 4.78 is 5.30. The Morgan fingerprint density at radius 1 is 1.17 bits per heavy atom. The van der Waals surface area contributed by atoms with Crippen LogP contribution in [-0.4, -0.2) is 23.9 Å². The van der Waals surface area contributed by atoms with Crippen molar-refractivity contribution in [2.24, 2.45) is 0 Å². The minimum atomic E-state index is -0.193. The van der Waals surface area contributed by atoms with Crippen molar-refractivity contribution in [2.75, 3.05) is 18.4 Å². The van der Waals surface area contributed by atoms with E-state index in [1.54, 1.807) is 23.5 Å². The number of benzene rings is 1. The van der Waals surface area contributed by atoms with Gasteiger partial charge in [-0.15, -0.1) is 11.3 Å². The highest BCUT2D eigenvalue weighted by Gasteiger charge is 2.28. The third-order valence-electron chi connectivity index (χ3n) is 5.58. The number of piperidine rings is 1. The van der Waals surface area contributed by atoms with Gasteiger partial charge < -0.3 is 9.73 Å². The number of furan rings is 1. The van der Waals surface area contributed by atoms with Gasteiger partial charge in [-0.3, -0.25) is 9.69 Å². The number of nitrogens with one attached hydrogen (secondary N) is 1. The van der Waals surface area contributed by atoms with Crippen molar-refractivity contribution >= 4 is 22.2 Å². The normalized spacial score (nSPS) is 15.9. The minimum Gasteiger partial charge on any atom is -0.459 e. The molecule has 4 nitrogen and oxygen atoms in total. The smallest absolute Gasteiger partial charge is 0.291 e. The number of aryl methyl sites for hydroxylation is 2. The molecule has 3 heterocycles. The van der Waals surface area contributed by atoms with E-state index in [-0.39, 0.29) is 11.9 Å². The molecular weight excluding hydrogens is 380 g/mol. The number of rotatable bonds is 6. The van der Waals surface area contributed by atoms with E-state index in [0.29, 0.717) is 5.76 Å². The van der Waals surface area contributed by atoms with Gasteiger partial charge in [-0.1, -0.05) is 43.2 Å². The number of amides is 1.